The molecule has 1 aliphatic heterocycles. The molecule has 0 aliphatic carbocycles. The molecule has 20 heavy (non-hydrogen) atoms. The Balaban J connectivity index is 2.24. The molecule has 1 unspecified atom stereocenters. The third-order valence-electron chi connectivity index (χ3n) is 2.03. The minimum absolute atomic E-state index is 0.0104. The Morgan fingerprint density at radius 3 is 2.80 bits per heavy atom. The number of carbonyl (C=O) groups excluding carboxylic acids is 3. The molecule has 0 bridgehead atoms. The van der Waals surface area contributed by atoms with Crippen LogP contribution in [0.25, 0.3) is 0 Å². The number of cyclic esters (lactones) is 2. The van der Waals surface area contributed by atoms with E-state index >= 15 is 0 Å². The van der Waals surface area contributed by atoms with Crippen molar-refractivity contribution in [1.82, 2.24) is 5.32 Å². The summed E-state index contributed by atoms with van der Waals surface area (Å²) in [6.07, 6.45) is -1.04. The van der Waals surface area contributed by atoms with Crippen LogP contribution in [0.2, 0.25) is 0 Å². The molecule has 0 aromatic carbocycles. The van der Waals surface area contributed by atoms with Crippen LogP contribution in [0.5, 0.6) is 0 Å². The first-order valence-electron chi connectivity index (χ1n) is 5.72. The molecule has 0 radical (unpaired) electrons. The van der Waals surface area contributed by atoms with Crippen molar-refractivity contribution in [1.29, 1.82) is 0 Å². The largest absolute Gasteiger partial charge is 0.514 e. The molecule has 1 saturated heterocycles. The summed E-state index contributed by atoms with van der Waals surface area (Å²) in [5, 5.41) is 2.29. The number of hydrogen-bond acceptors (Lipinski definition) is 7. The van der Waals surface area contributed by atoms with E-state index in [4.69, 9.17) is 9.47 Å². The van der Waals surface area contributed by atoms with E-state index in [0.717, 1.165) is 0 Å². The van der Waals surface area contributed by atoms with Crippen LogP contribution in [-0.4, -0.2) is 37.7 Å². The highest BCUT2D eigenvalue weighted by atomic mass is 16.8. The molecular formula is C12H15NO7. The smallest absolute Gasteiger partial charge is 0.445 e. The Labute approximate surface area is 115 Å². The lowest BCUT2D eigenvalue weighted by atomic mass is 10.4. The number of alkyl carbamates (subject to hydrolysis) is 1. The van der Waals surface area contributed by atoms with E-state index in [2.05, 4.69) is 21.4 Å². The number of esters is 1. The highest BCUT2D eigenvalue weighted by molar-refractivity contribution is 5.87. The topological polar surface area (TPSA) is 100 Å². The van der Waals surface area contributed by atoms with Gasteiger partial charge in [-0.15, -0.1) is 0 Å². The van der Waals surface area contributed by atoms with Crippen molar-refractivity contribution in [2.45, 2.75) is 20.1 Å². The van der Waals surface area contributed by atoms with Gasteiger partial charge in [0.1, 0.15) is 12.4 Å². The van der Waals surface area contributed by atoms with Crippen LogP contribution in [-0.2, 0) is 23.7 Å². The Kier molecular flexibility index (Phi) is 5.57. The maximum atomic E-state index is 11.3. The van der Waals surface area contributed by atoms with Crippen LogP contribution in [0.3, 0.4) is 0 Å². The van der Waals surface area contributed by atoms with Gasteiger partial charge >= 0.3 is 18.2 Å². The summed E-state index contributed by atoms with van der Waals surface area (Å²) in [6, 6.07) is 0. The first-order valence-corrected chi connectivity index (χ1v) is 5.72. The first-order chi connectivity index (χ1) is 9.38. The Hall–Kier alpha value is -2.51. The van der Waals surface area contributed by atoms with Gasteiger partial charge in [-0.3, -0.25) is 5.32 Å². The van der Waals surface area contributed by atoms with Crippen molar-refractivity contribution in [2.24, 2.45) is 0 Å². The van der Waals surface area contributed by atoms with Crippen LogP contribution >= 0.6 is 0 Å². The van der Waals surface area contributed by atoms with E-state index in [1.54, 1.807) is 0 Å². The van der Waals surface area contributed by atoms with Crippen molar-refractivity contribution < 1.29 is 33.3 Å². The van der Waals surface area contributed by atoms with Gasteiger partial charge in [0.05, 0.1) is 0 Å². The fraction of sp³-hybridized carbons (Fsp3) is 0.417. The second-order valence-electron chi connectivity index (χ2n) is 3.88. The van der Waals surface area contributed by atoms with E-state index in [1.165, 1.54) is 19.9 Å². The van der Waals surface area contributed by atoms with Crippen molar-refractivity contribution in [3.05, 3.63) is 24.0 Å². The predicted molar refractivity (Wildman–Crippen MR) is 65.4 cm³/mol. The number of hydrogen-bond donors (Lipinski definition) is 1. The molecule has 1 heterocycles. The molecule has 8 heteroatoms. The molecule has 1 rings (SSSR count). The maximum absolute atomic E-state index is 11.3. The van der Waals surface area contributed by atoms with E-state index < -0.39 is 24.4 Å². The molecule has 0 aromatic heterocycles. The molecule has 1 atom stereocenters. The molecular weight excluding hydrogens is 270 g/mol. The Morgan fingerprint density at radius 2 is 2.25 bits per heavy atom. The van der Waals surface area contributed by atoms with Crippen LogP contribution in [0.4, 0.5) is 9.59 Å². The lowest BCUT2D eigenvalue weighted by Gasteiger charge is -2.14. The van der Waals surface area contributed by atoms with Crippen molar-refractivity contribution in [2.75, 3.05) is 13.2 Å². The average molecular weight is 285 g/mol. The summed E-state index contributed by atoms with van der Waals surface area (Å²) in [5.41, 5.74) is 0.222. The lowest BCUT2D eigenvalue weighted by molar-refractivity contribution is -0.144. The summed E-state index contributed by atoms with van der Waals surface area (Å²) < 4.78 is 18.7. The van der Waals surface area contributed by atoms with Crippen molar-refractivity contribution in [3.63, 3.8) is 0 Å². The average Bonchev–Trinajstić information content (AvgIpc) is 2.74. The van der Waals surface area contributed by atoms with Crippen molar-refractivity contribution in [3.8, 4) is 0 Å². The molecule has 1 N–H and O–H groups in total. The van der Waals surface area contributed by atoms with Gasteiger partial charge in [-0.2, -0.15) is 0 Å². The first kappa shape index (κ1) is 15.5. The molecule has 110 valence electrons. The number of rotatable bonds is 5. The second kappa shape index (κ2) is 7.17. The van der Waals surface area contributed by atoms with E-state index in [0.29, 0.717) is 0 Å². The van der Waals surface area contributed by atoms with Crippen molar-refractivity contribution >= 4 is 18.2 Å². The van der Waals surface area contributed by atoms with Gasteiger partial charge in [0, 0.05) is 5.57 Å². The lowest BCUT2D eigenvalue weighted by Crippen LogP contribution is -2.36. The van der Waals surface area contributed by atoms with Gasteiger partial charge in [0.15, 0.2) is 12.8 Å². The summed E-state index contributed by atoms with van der Waals surface area (Å²) in [5.74, 6) is -0.348. The minimum atomic E-state index is -0.855. The van der Waals surface area contributed by atoms with E-state index in [-0.39, 0.29) is 24.5 Å². The SMILES string of the molecule is C=C(C)C(=O)OC(C)NC(=O)OCC=C1COC(=O)O1. The third kappa shape index (κ3) is 5.42. The standard InChI is InChI=1S/C12H15NO7/c1-7(2)10(14)19-8(3)13-11(15)17-5-4-9-6-18-12(16)20-9/h4,8H,1,5-6H2,2-3H3,(H,13,15). The van der Waals surface area contributed by atoms with Gasteiger partial charge in [-0.1, -0.05) is 6.58 Å². The van der Waals surface area contributed by atoms with Gasteiger partial charge in [-0.25, -0.2) is 14.4 Å². The fourth-order valence-corrected chi connectivity index (χ4v) is 1.11. The predicted octanol–water partition coefficient (Wildman–Crippen LogP) is 1.23. The van der Waals surface area contributed by atoms with Gasteiger partial charge < -0.3 is 18.9 Å². The van der Waals surface area contributed by atoms with Crippen LogP contribution < -0.4 is 5.32 Å². The zero-order valence-electron chi connectivity index (χ0n) is 11.1. The fourth-order valence-electron chi connectivity index (χ4n) is 1.11. The summed E-state index contributed by atoms with van der Waals surface area (Å²) >= 11 is 0. The number of nitrogens with one attached hydrogen (secondary N) is 1. The van der Waals surface area contributed by atoms with Crippen LogP contribution in [0.15, 0.2) is 24.0 Å². The number of ether oxygens (including phenoxy) is 4. The van der Waals surface area contributed by atoms with Gasteiger partial charge in [0.25, 0.3) is 0 Å². The van der Waals surface area contributed by atoms with Gasteiger partial charge in [-0.05, 0) is 19.9 Å². The third-order valence-corrected chi connectivity index (χ3v) is 2.03. The number of amides is 1. The molecule has 1 fully saturated rings. The maximum Gasteiger partial charge on any atom is 0.514 e. The molecule has 1 amide bonds. The highest BCUT2D eigenvalue weighted by Gasteiger charge is 2.18. The summed E-state index contributed by atoms with van der Waals surface area (Å²) in [6.45, 7) is 6.26. The quantitative estimate of drug-likeness (QED) is 0.351. The van der Waals surface area contributed by atoms with E-state index in [1.807, 2.05) is 0 Å². The molecule has 0 saturated carbocycles. The van der Waals surface area contributed by atoms with E-state index in [9.17, 15) is 14.4 Å². The monoisotopic (exact) mass is 285 g/mol. The van der Waals surface area contributed by atoms with Gasteiger partial charge in [0.2, 0.25) is 0 Å². The van der Waals surface area contributed by atoms with Crippen LogP contribution in [0.1, 0.15) is 13.8 Å². The summed E-state index contributed by atoms with van der Waals surface area (Å²) in [7, 11) is 0. The molecule has 1 aliphatic rings. The normalized spacial score (nSPS) is 16.9. The zero-order valence-corrected chi connectivity index (χ0v) is 11.1. The Bertz CT molecular complexity index is 455. The summed E-state index contributed by atoms with van der Waals surface area (Å²) in [4.78, 5) is 33.1. The highest BCUT2D eigenvalue weighted by Crippen LogP contribution is 2.09. The second-order valence-corrected chi connectivity index (χ2v) is 3.88. The minimum Gasteiger partial charge on any atom is -0.445 e. The zero-order chi connectivity index (χ0) is 15.1. The molecule has 8 nitrogen and oxygen atoms in total. The molecule has 0 aromatic rings. The van der Waals surface area contributed by atoms with Crippen LogP contribution in [0, 0.1) is 0 Å². The Morgan fingerprint density at radius 1 is 1.55 bits per heavy atom. The molecule has 0 spiro atoms. The number of carbonyl (C=O) groups is 3.